The Morgan fingerprint density at radius 3 is 2.70 bits per heavy atom. The first kappa shape index (κ1) is 17.4. The summed E-state index contributed by atoms with van der Waals surface area (Å²) in [4.78, 5) is 11.7. The molecule has 2 N–H and O–H groups in total. The van der Waals surface area contributed by atoms with Crippen molar-refractivity contribution < 1.29 is 22.4 Å². The minimum absolute atomic E-state index is 0.0535. The molecule has 0 bridgehead atoms. The summed E-state index contributed by atoms with van der Waals surface area (Å²) in [7, 11) is 0. The van der Waals surface area contributed by atoms with Crippen LogP contribution in [0.4, 0.5) is 18.9 Å². The first-order chi connectivity index (χ1) is 10.9. The number of carbonyl (C=O) groups excluding carboxylic acids is 1. The van der Waals surface area contributed by atoms with Crippen molar-refractivity contribution in [3.05, 3.63) is 52.9 Å². The van der Waals surface area contributed by atoms with Gasteiger partial charge in [0.2, 0.25) is 5.91 Å². The van der Waals surface area contributed by atoms with Gasteiger partial charge in [-0.3, -0.25) is 4.79 Å². The second-order valence-corrected chi connectivity index (χ2v) is 5.15. The molecule has 4 nitrogen and oxygen atoms in total. The molecule has 1 aromatic heterocycles. The van der Waals surface area contributed by atoms with E-state index >= 15 is 0 Å². The lowest BCUT2D eigenvalue weighted by atomic mass is 10.2. The SMILES string of the molecule is O=C(CCNCc1ccco1)Nc1ccc(Cl)c(C(F)(F)F)c1. The largest absolute Gasteiger partial charge is 0.468 e. The number of hydrogen-bond donors (Lipinski definition) is 2. The summed E-state index contributed by atoms with van der Waals surface area (Å²) < 4.78 is 43.3. The van der Waals surface area contributed by atoms with E-state index in [0.29, 0.717) is 13.1 Å². The van der Waals surface area contributed by atoms with Crippen LogP contribution in [0.25, 0.3) is 0 Å². The molecule has 0 saturated carbocycles. The third kappa shape index (κ3) is 5.30. The highest BCUT2D eigenvalue weighted by molar-refractivity contribution is 6.31. The number of carbonyl (C=O) groups is 1. The van der Waals surface area contributed by atoms with Crippen LogP contribution in [0.5, 0.6) is 0 Å². The molecule has 8 heteroatoms. The fourth-order valence-electron chi connectivity index (χ4n) is 1.87. The Labute approximate surface area is 135 Å². The first-order valence-electron chi connectivity index (χ1n) is 6.76. The summed E-state index contributed by atoms with van der Waals surface area (Å²) in [5.41, 5.74) is -0.925. The van der Waals surface area contributed by atoms with Gasteiger partial charge in [-0.25, -0.2) is 0 Å². The van der Waals surface area contributed by atoms with Crippen molar-refractivity contribution in [3.8, 4) is 0 Å². The molecular weight excluding hydrogens is 333 g/mol. The van der Waals surface area contributed by atoms with Crippen LogP contribution in [0.2, 0.25) is 5.02 Å². The van der Waals surface area contributed by atoms with Gasteiger partial charge in [-0.1, -0.05) is 11.6 Å². The van der Waals surface area contributed by atoms with Gasteiger partial charge in [-0.15, -0.1) is 0 Å². The zero-order chi connectivity index (χ0) is 16.9. The van der Waals surface area contributed by atoms with E-state index in [2.05, 4.69) is 10.6 Å². The predicted octanol–water partition coefficient (Wildman–Crippen LogP) is 4.07. The maximum absolute atomic E-state index is 12.7. The van der Waals surface area contributed by atoms with E-state index in [1.165, 1.54) is 6.07 Å². The average Bonchev–Trinajstić information content (AvgIpc) is 2.98. The minimum Gasteiger partial charge on any atom is -0.468 e. The van der Waals surface area contributed by atoms with Gasteiger partial charge < -0.3 is 15.1 Å². The van der Waals surface area contributed by atoms with Gasteiger partial charge in [0, 0.05) is 18.7 Å². The Morgan fingerprint density at radius 2 is 2.04 bits per heavy atom. The quantitative estimate of drug-likeness (QED) is 0.775. The zero-order valence-electron chi connectivity index (χ0n) is 11.9. The number of furan rings is 1. The summed E-state index contributed by atoms with van der Waals surface area (Å²) in [6.07, 6.45) is -2.91. The number of rotatable bonds is 6. The van der Waals surface area contributed by atoms with E-state index in [1.54, 1.807) is 18.4 Å². The van der Waals surface area contributed by atoms with E-state index in [1.807, 2.05) is 0 Å². The third-order valence-corrected chi connectivity index (χ3v) is 3.29. The van der Waals surface area contributed by atoms with E-state index in [-0.39, 0.29) is 12.1 Å². The summed E-state index contributed by atoms with van der Waals surface area (Å²) in [5.74, 6) is 0.338. The van der Waals surface area contributed by atoms with Gasteiger partial charge in [0.25, 0.3) is 0 Å². The van der Waals surface area contributed by atoms with Crippen molar-refractivity contribution in [2.24, 2.45) is 0 Å². The van der Waals surface area contributed by atoms with Gasteiger partial charge in [0.1, 0.15) is 5.76 Å². The number of nitrogens with one attached hydrogen (secondary N) is 2. The average molecular weight is 347 g/mol. The van der Waals surface area contributed by atoms with E-state index in [4.69, 9.17) is 16.0 Å². The molecule has 0 unspecified atom stereocenters. The third-order valence-electron chi connectivity index (χ3n) is 2.96. The van der Waals surface area contributed by atoms with Crippen molar-refractivity contribution >= 4 is 23.2 Å². The second kappa shape index (κ2) is 7.52. The molecule has 0 aliphatic heterocycles. The van der Waals surface area contributed by atoms with Gasteiger partial charge >= 0.3 is 6.18 Å². The molecular formula is C15H14ClF3N2O2. The van der Waals surface area contributed by atoms with Crippen LogP contribution in [0.1, 0.15) is 17.7 Å². The molecule has 0 saturated heterocycles. The molecule has 0 spiro atoms. The van der Waals surface area contributed by atoms with Crippen molar-refractivity contribution in [2.45, 2.75) is 19.1 Å². The number of alkyl halides is 3. The van der Waals surface area contributed by atoms with Gasteiger partial charge in [-0.2, -0.15) is 13.2 Å². The molecule has 0 aliphatic rings. The van der Waals surface area contributed by atoms with E-state index < -0.39 is 22.7 Å². The highest BCUT2D eigenvalue weighted by atomic mass is 35.5. The maximum Gasteiger partial charge on any atom is 0.417 e. The smallest absolute Gasteiger partial charge is 0.417 e. The summed E-state index contributed by atoms with van der Waals surface area (Å²) in [5, 5.41) is 5.00. The van der Waals surface area contributed by atoms with Gasteiger partial charge in [0.15, 0.2) is 0 Å². The Kier molecular flexibility index (Phi) is 5.68. The van der Waals surface area contributed by atoms with Gasteiger partial charge in [-0.05, 0) is 30.3 Å². The molecule has 2 aromatic rings. The Bertz CT molecular complexity index is 657. The van der Waals surface area contributed by atoms with Crippen molar-refractivity contribution in [2.75, 3.05) is 11.9 Å². The number of halogens is 4. The Morgan fingerprint density at radius 1 is 1.26 bits per heavy atom. The lowest BCUT2D eigenvalue weighted by Crippen LogP contribution is -2.21. The fraction of sp³-hybridized carbons (Fsp3) is 0.267. The zero-order valence-corrected chi connectivity index (χ0v) is 12.7. The molecule has 0 aliphatic carbocycles. The second-order valence-electron chi connectivity index (χ2n) is 4.75. The highest BCUT2D eigenvalue weighted by Crippen LogP contribution is 2.36. The summed E-state index contributed by atoms with van der Waals surface area (Å²) in [6.45, 7) is 0.839. The summed E-state index contributed by atoms with van der Waals surface area (Å²) in [6, 6.07) is 6.79. The predicted molar refractivity (Wildman–Crippen MR) is 80.1 cm³/mol. The minimum atomic E-state index is -4.57. The first-order valence-corrected chi connectivity index (χ1v) is 7.14. The molecule has 124 valence electrons. The van der Waals surface area contributed by atoms with E-state index in [0.717, 1.165) is 17.9 Å². The molecule has 1 amide bonds. The lowest BCUT2D eigenvalue weighted by Gasteiger charge is -2.12. The normalized spacial score (nSPS) is 11.5. The molecule has 1 aromatic carbocycles. The van der Waals surface area contributed by atoms with Crippen LogP contribution in [-0.2, 0) is 17.5 Å². The van der Waals surface area contributed by atoms with E-state index in [9.17, 15) is 18.0 Å². The Hall–Kier alpha value is -1.99. The number of anilines is 1. The van der Waals surface area contributed by atoms with Crippen LogP contribution in [0, 0.1) is 0 Å². The molecule has 1 heterocycles. The summed E-state index contributed by atoms with van der Waals surface area (Å²) >= 11 is 5.52. The lowest BCUT2D eigenvalue weighted by molar-refractivity contribution is -0.137. The topological polar surface area (TPSA) is 54.3 Å². The van der Waals surface area contributed by atoms with Crippen LogP contribution in [0.15, 0.2) is 41.0 Å². The number of benzene rings is 1. The molecule has 0 radical (unpaired) electrons. The van der Waals surface area contributed by atoms with Crippen LogP contribution in [0.3, 0.4) is 0 Å². The van der Waals surface area contributed by atoms with Crippen molar-refractivity contribution in [1.82, 2.24) is 5.32 Å². The van der Waals surface area contributed by atoms with Gasteiger partial charge in [0.05, 0.1) is 23.4 Å². The molecule has 0 atom stereocenters. The molecule has 23 heavy (non-hydrogen) atoms. The standard InChI is InChI=1S/C15H14ClF3N2O2/c16-13-4-3-10(8-12(13)15(17,18)19)21-14(22)5-6-20-9-11-2-1-7-23-11/h1-4,7-8,20H,5-6,9H2,(H,21,22). The molecule has 0 fully saturated rings. The monoisotopic (exact) mass is 346 g/mol. The molecule has 2 rings (SSSR count). The highest BCUT2D eigenvalue weighted by Gasteiger charge is 2.33. The maximum atomic E-state index is 12.7. The Balaban J connectivity index is 1.83. The number of hydrogen-bond acceptors (Lipinski definition) is 3. The van der Waals surface area contributed by atoms with Crippen LogP contribution >= 0.6 is 11.6 Å². The van der Waals surface area contributed by atoms with Crippen LogP contribution in [-0.4, -0.2) is 12.5 Å². The van der Waals surface area contributed by atoms with Crippen LogP contribution < -0.4 is 10.6 Å². The fourth-order valence-corrected chi connectivity index (χ4v) is 2.10. The number of amides is 1. The van der Waals surface area contributed by atoms with Crippen molar-refractivity contribution in [3.63, 3.8) is 0 Å². The van der Waals surface area contributed by atoms with Crippen molar-refractivity contribution in [1.29, 1.82) is 0 Å².